The van der Waals surface area contributed by atoms with Crippen molar-refractivity contribution in [2.24, 2.45) is 0 Å². The molecule has 96 valence electrons. The molecule has 0 spiro atoms. The zero-order chi connectivity index (χ0) is 14.0. The van der Waals surface area contributed by atoms with Gasteiger partial charge in [-0.1, -0.05) is 0 Å². The van der Waals surface area contributed by atoms with Crippen LogP contribution in [-0.4, -0.2) is 27.0 Å². The van der Waals surface area contributed by atoms with Crippen LogP contribution >= 0.6 is 0 Å². The molecule has 0 bridgehead atoms. The Labute approximate surface area is 97.7 Å². The lowest BCUT2D eigenvalue weighted by atomic mass is 10.2. The Morgan fingerprint density at radius 2 is 1.56 bits per heavy atom. The molecule has 0 amide bonds. The molecule has 0 saturated heterocycles. The first-order valence-corrected chi connectivity index (χ1v) is 4.18. The SMILES string of the molecule is COc1c([N+](=O)[O-])cc([N+](=O)[O-])c(O)c1[N+](=O)[O-]. The van der Waals surface area contributed by atoms with Crippen molar-refractivity contribution in [1.82, 2.24) is 0 Å². The summed E-state index contributed by atoms with van der Waals surface area (Å²) in [7, 11) is 0.903. The number of methoxy groups -OCH3 is 1. The van der Waals surface area contributed by atoms with Gasteiger partial charge in [-0.2, -0.15) is 0 Å². The second kappa shape index (κ2) is 4.48. The number of phenolic OH excluding ortho intramolecular Hbond substituents is 1. The molecule has 0 fully saturated rings. The standard InChI is InChI=1S/C7H5N3O8/c1-18-7-4(9(14)15)2-3(8(12)13)6(11)5(7)10(16)17/h2,11H,1H3. The number of nitro groups is 3. The Balaban J connectivity index is 3.81. The van der Waals surface area contributed by atoms with Gasteiger partial charge in [0, 0.05) is 0 Å². The van der Waals surface area contributed by atoms with Crippen molar-refractivity contribution >= 4 is 17.1 Å². The maximum atomic E-state index is 10.7. The number of phenols is 1. The van der Waals surface area contributed by atoms with Gasteiger partial charge in [-0.15, -0.1) is 0 Å². The van der Waals surface area contributed by atoms with Crippen LogP contribution in [0.1, 0.15) is 0 Å². The normalized spacial score (nSPS) is 9.83. The van der Waals surface area contributed by atoms with Gasteiger partial charge in [0.1, 0.15) is 6.07 Å². The number of nitrogens with zero attached hydrogens (tertiary/aromatic N) is 3. The van der Waals surface area contributed by atoms with Crippen LogP contribution in [0.4, 0.5) is 17.1 Å². The van der Waals surface area contributed by atoms with Gasteiger partial charge in [-0.05, 0) is 0 Å². The van der Waals surface area contributed by atoms with Crippen LogP contribution in [0.25, 0.3) is 0 Å². The molecule has 0 aromatic heterocycles. The Bertz CT molecular complexity index is 554. The van der Waals surface area contributed by atoms with E-state index in [0.717, 1.165) is 7.11 Å². The van der Waals surface area contributed by atoms with Crippen molar-refractivity contribution in [3.8, 4) is 11.5 Å². The van der Waals surface area contributed by atoms with E-state index >= 15 is 0 Å². The Morgan fingerprint density at radius 3 is 1.89 bits per heavy atom. The molecule has 0 unspecified atom stereocenters. The number of rotatable bonds is 4. The monoisotopic (exact) mass is 259 g/mol. The van der Waals surface area contributed by atoms with Crippen molar-refractivity contribution in [2.75, 3.05) is 7.11 Å². The lowest BCUT2D eigenvalue weighted by molar-refractivity contribution is -0.405. The minimum atomic E-state index is -1.30. The van der Waals surface area contributed by atoms with Crippen molar-refractivity contribution in [3.63, 3.8) is 0 Å². The highest BCUT2D eigenvalue weighted by Gasteiger charge is 2.37. The Hall–Kier alpha value is -2.98. The topological polar surface area (TPSA) is 159 Å². The number of hydrogen-bond donors (Lipinski definition) is 1. The summed E-state index contributed by atoms with van der Waals surface area (Å²) in [6.45, 7) is 0. The van der Waals surface area contributed by atoms with Crippen molar-refractivity contribution < 1.29 is 24.6 Å². The fourth-order valence-corrected chi connectivity index (χ4v) is 1.26. The lowest BCUT2D eigenvalue weighted by Crippen LogP contribution is -2.01. The maximum Gasteiger partial charge on any atom is 0.366 e. The van der Waals surface area contributed by atoms with E-state index in [2.05, 4.69) is 4.74 Å². The molecule has 0 aliphatic heterocycles. The predicted molar refractivity (Wildman–Crippen MR) is 54.6 cm³/mol. The van der Waals surface area contributed by atoms with Gasteiger partial charge >= 0.3 is 17.1 Å². The van der Waals surface area contributed by atoms with Crippen LogP contribution < -0.4 is 4.74 Å². The highest BCUT2D eigenvalue weighted by molar-refractivity contribution is 5.74. The summed E-state index contributed by atoms with van der Waals surface area (Å²) in [5.74, 6) is -2.15. The number of aromatic hydroxyl groups is 1. The van der Waals surface area contributed by atoms with Crippen LogP contribution in [0.15, 0.2) is 6.07 Å². The summed E-state index contributed by atoms with van der Waals surface area (Å²) >= 11 is 0. The average molecular weight is 259 g/mol. The molecule has 0 atom stereocenters. The van der Waals surface area contributed by atoms with Crippen LogP contribution in [-0.2, 0) is 0 Å². The lowest BCUT2D eigenvalue weighted by Gasteiger charge is -2.04. The predicted octanol–water partition coefficient (Wildman–Crippen LogP) is 1.13. The first-order valence-electron chi connectivity index (χ1n) is 4.18. The van der Waals surface area contributed by atoms with Gasteiger partial charge < -0.3 is 9.84 Å². The fourth-order valence-electron chi connectivity index (χ4n) is 1.26. The quantitative estimate of drug-likeness (QED) is 0.621. The minimum Gasteiger partial charge on any atom is -0.497 e. The Kier molecular flexibility index (Phi) is 3.26. The minimum absolute atomic E-state index is 0.390. The van der Waals surface area contributed by atoms with E-state index in [1.807, 2.05) is 0 Å². The molecular formula is C7H5N3O8. The summed E-state index contributed by atoms with van der Waals surface area (Å²) in [5, 5.41) is 41.2. The van der Waals surface area contributed by atoms with E-state index < -0.39 is 43.3 Å². The summed E-state index contributed by atoms with van der Waals surface area (Å²) < 4.78 is 4.45. The molecule has 1 N–H and O–H groups in total. The number of ether oxygens (including phenoxy) is 1. The third kappa shape index (κ3) is 1.95. The molecule has 0 aliphatic carbocycles. The molecule has 1 rings (SSSR count). The van der Waals surface area contributed by atoms with Gasteiger partial charge in [0.25, 0.3) is 11.5 Å². The number of hydrogen-bond acceptors (Lipinski definition) is 8. The van der Waals surface area contributed by atoms with Crippen LogP contribution in [0.3, 0.4) is 0 Å². The summed E-state index contributed by atoms with van der Waals surface area (Å²) in [5.41, 5.74) is -3.35. The molecular weight excluding hydrogens is 254 g/mol. The second-order valence-corrected chi connectivity index (χ2v) is 2.92. The molecule has 11 nitrogen and oxygen atoms in total. The van der Waals surface area contributed by atoms with E-state index in [0.29, 0.717) is 6.07 Å². The van der Waals surface area contributed by atoms with Crippen LogP contribution in [0.2, 0.25) is 0 Å². The van der Waals surface area contributed by atoms with Gasteiger partial charge in [0.05, 0.1) is 21.9 Å². The van der Waals surface area contributed by atoms with Gasteiger partial charge in [0.2, 0.25) is 0 Å². The molecule has 0 radical (unpaired) electrons. The van der Waals surface area contributed by atoms with E-state index in [4.69, 9.17) is 0 Å². The molecule has 0 aliphatic rings. The van der Waals surface area contributed by atoms with Crippen molar-refractivity contribution in [2.45, 2.75) is 0 Å². The Morgan fingerprint density at radius 1 is 1.06 bits per heavy atom. The zero-order valence-corrected chi connectivity index (χ0v) is 8.72. The van der Waals surface area contributed by atoms with Crippen molar-refractivity contribution in [3.05, 3.63) is 36.4 Å². The highest BCUT2D eigenvalue weighted by Crippen LogP contribution is 2.48. The third-order valence-electron chi connectivity index (χ3n) is 1.97. The number of nitro benzene ring substituents is 3. The second-order valence-electron chi connectivity index (χ2n) is 2.92. The first kappa shape index (κ1) is 13.1. The first-order chi connectivity index (χ1) is 8.31. The molecule has 11 heteroatoms. The van der Waals surface area contributed by atoms with E-state index in [-0.39, 0.29) is 0 Å². The fraction of sp³-hybridized carbons (Fsp3) is 0.143. The molecule has 0 saturated carbocycles. The average Bonchev–Trinajstić information content (AvgIpc) is 2.26. The van der Waals surface area contributed by atoms with Crippen molar-refractivity contribution in [1.29, 1.82) is 0 Å². The van der Waals surface area contributed by atoms with E-state index in [1.54, 1.807) is 0 Å². The summed E-state index contributed by atoms with van der Waals surface area (Å²) in [6, 6.07) is 0.390. The summed E-state index contributed by atoms with van der Waals surface area (Å²) in [4.78, 5) is 28.4. The maximum absolute atomic E-state index is 10.7. The smallest absolute Gasteiger partial charge is 0.366 e. The molecule has 1 aromatic carbocycles. The zero-order valence-electron chi connectivity index (χ0n) is 8.72. The van der Waals surface area contributed by atoms with Gasteiger partial charge in [0.15, 0.2) is 0 Å². The van der Waals surface area contributed by atoms with Gasteiger partial charge in [-0.25, -0.2) is 0 Å². The number of benzene rings is 1. The molecule has 1 aromatic rings. The largest absolute Gasteiger partial charge is 0.497 e. The summed E-state index contributed by atoms with van der Waals surface area (Å²) in [6.07, 6.45) is 0. The van der Waals surface area contributed by atoms with Gasteiger partial charge in [-0.3, -0.25) is 30.3 Å². The molecule has 0 heterocycles. The third-order valence-corrected chi connectivity index (χ3v) is 1.97. The van der Waals surface area contributed by atoms with Crippen LogP contribution in [0, 0.1) is 30.3 Å². The van der Waals surface area contributed by atoms with E-state index in [9.17, 15) is 35.4 Å². The van der Waals surface area contributed by atoms with E-state index in [1.165, 1.54) is 0 Å². The molecule has 18 heavy (non-hydrogen) atoms. The van der Waals surface area contributed by atoms with Crippen LogP contribution in [0.5, 0.6) is 11.5 Å². The highest BCUT2D eigenvalue weighted by atomic mass is 16.6.